The minimum Gasteiger partial charge on any atom is -0.497 e. The molecule has 2 heterocycles. The number of carbonyl (C=O) groups is 1. The van der Waals surface area contributed by atoms with Crippen LogP contribution in [0.3, 0.4) is 0 Å². The lowest BCUT2D eigenvalue weighted by Gasteiger charge is -2.24. The van der Waals surface area contributed by atoms with Crippen molar-refractivity contribution >= 4 is 32.7 Å². The van der Waals surface area contributed by atoms with E-state index in [0.717, 1.165) is 11.3 Å². The number of nitrogens with zero attached hydrogens (tertiary/aromatic N) is 2. The van der Waals surface area contributed by atoms with Crippen molar-refractivity contribution in [3.05, 3.63) is 29.8 Å². The SMILES string of the molecule is COc1ccc(CN2C(=NC(C)=O)S[C@H]3CS(=O)(=O)C[C@H]32)cc1. The Balaban J connectivity index is 1.86. The van der Waals surface area contributed by atoms with E-state index in [1.165, 1.54) is 18.7 Å². The lowest BCUT2D eigenvalue weighted by atomic mass is 10.1. The Kier molecular flexibility index (Phi) is 4.37. The number of ether oxygens (including phenoxy) is 1. The number of benzene rings is 1. The number of rotatable bonds is 3. The third-order valence-corrected chi connectivity index (χ3v) is 7.19. The molecule has 0 saturated carbocycles. The number of carbonyl (C=O) groups excluding carboxylic acids is 1. The van der Waals surface area contributed by atoms with Crippen LogP contribution in [0.4, 0.5) is 0 Å². The van der Waals surface area contributed by atoms with E-state index in [0.29, 0.717) is 11.7 Å². The van der Waals surface area contributed by atoms with Gasteiger partial charge in [-0.2, -0.15) is 4.99 Å². The van der Waals surface area contributed by atoms with E-state index < -0.39 is 9.84 Å². The summed E-state index contributed by atoms with van der Waals surface area (Å²) in [5.74, 6) is 0.773. The first kappa shape index (κ1) is 16.3. The topological polar surface area (TPSA) is 76.0 Å². The number of hydrogen-bond donors (Lipinski definition) is 0. The van der Waals surface area contributed by atoms with Crippen LogP contribution in [0.1, 0.15) is 12.5 Å². The van der Waals surface area contributed by atoms with E-state index >= 15 is 0 Å². The average molecular weight is 354 g/mol. The van der Waals surface area contributed by atoms with Crippen LogP contribution in [-0.4, -0.2) is 54.3 Å². The minimum atomic E-state index is -3.02. The molecule has 0 radical (unpaired) electrons. The average Bonchev–Trinajstić information content (AvgIpc) is 2.92. The van der Waals surface area contributed by atoms with Gasteiger partial charge in [-0.15, -0.1) is 0 Å². The highest BCUT2D eigenvalue weighted by Gasteiger charge is 2.48. The normalized spacial score (nSPS) is 27.2. The van der Waals surface area contributed by atoms with Crippen molar-refractivity contribution in [3.63, 3.8) is 0 Å². The molecule has 1 amide bonds. The zero-order valence-electron chi connectivity index (χ0n) is 12.9. The van der Waals surface area contributed by atoms with Gasteiger partial charge in [-0.3, -0.25) is 4.79 Å². The van der Waals surface area contributed by atoms with Gasteiger partial charge >= 0.3 is 0 Å². The van der Waals surface area contributed by atoms with Crippen molar-refractivity contribution in [3.8, 4) is 5.75 Å². The van der Waals surface area contributed by atoms with Crippen LogP contribution in [0, 0.1) is 0 Å². The van der Waals surface area contributed by atoms with E-state index in [1.54, 1.807) is 7.11 Å². The van der Waals surface area contributed by atoms with Gasteiger partial charge in [-0.1, -0.05) is 23.9 Å². The van der Waals surface area contributed by atoms with Crippen molar-refractivity contribution in [2.75, 3.05) is 18.6 Å². The maximum atomic E-state index is 11.9. The van der Waals surface area contributed by atoms with E-state index in [-0.39, 0.29) is 28.7 Å². The summed E-state index contributed by atoms with van der Waals surface area (Å²) in [6.45, 7) is 1.93. The van der Waals surface area contributed by atoms with Gasteiger partial charge in [0.1, 0.15) is 5.75 Å². The molecule has 8 heteroatoms. The first-order valence-electron chi connectivity index (χ1n) is 7.24. The van der Waals surface area contributed by atoms with E-state index in [1.807, 2.05) is 29.2 Å². The smallest absolute Gasteiger partial charge is 0.244 e. The van der Waals surface area contributed by atoms with Crippen LogP contribution in [0.15, 0.2) is 29.3 Å². The standard InChI is InChI=1S/C15H18N2O4S2/c1-10(18)16-15-17(7-11-3-5-12(21-2)6-4-11)13-8-23(19,20)9-14(13)22-15/h3-6,13-14H,7-9H2,1-2H3/t13-,14+/m1/s1. The molecular weight excluding hydrogens is 336 g/mol. The Morgan fingerprint density at radius 3 is 2.65 bits per heavy atom. The quantitative estimate of drug-likeness (QED) is 0.815. The number of methoxy groups -OCH3 is 1. The van der Waals surface area contributed by atoms with Gasteiger partial charge in [0.25, 0.3) is 0 Å². The van der Waals surface area contributed by atoms with Crippen LogP contribution in [-0.2, 0) is 21.2 Å². The highest BCUT2D eigenvalue weighted by atomic mass is 32.2. The molecule has 0 N–H and O–H groups in total. The number of thioether (sulfide) groups is 1. The lowest BCUT2D eigenvalue weighted by molar-refractivity contribution is -0.115. The van der Waals surface area contributed by atoms with Crippen molar-refractivity contribution in [1.82, 2.24) is 4.90 Å². The fraction of sp³-hybridized carbons (Fsp3) is 0.467. The van der Waals surface area contributed by atoms with Gasteiger partial charge in [0.05, 0.1) is 24.7 Å². The predicted octanol–water partition coefficient (Wildman–Crippen LogP) is 1.31. The van der Waals surface area contributed by atoms with Crippen molar-refractivity contribution in [2.45, 2.75) is 24.8 Å². The third-order valence-electron chi connectivity index (χ3n) is 3.94. The zero-order valence-corrected chi connectivity index (χ0v) is 14.6. The van der Waals surface area contributed by atoms with E-state index in [4.69, 9.17) is 4.74 Å². The van der Waals surface area contributed by atoms with Crippen molar-refractivity contribution in [2.24, 2.45) is 4.99 Å². The van der Waals surface area contributed by atoms with Gasteiger partial charge < -0.3 is 9.64 Å². The molecule has 2 saturated heterocycles. The van der Waals surface area contributed by atoms with Gasteiger partial charge in [0, 0.05) is 18.7 Å². The number of hydrogen-bond acceptors (Lipinski definition) is 5. The monoisotopic (exact) mass is 354 g/mol. The summed E-state index contributed by atoms with van der Waals surface area (Å²) in [6.07, 6.45) is 0. The number of fused-ring (bicyclic) bond motifs is 1. The molecule has 6 nitrogen and oxygen atoms in total. The number of sulfone groups is 1. The molecule has 2 atom stereocenters. The summed E-state index contributed by atoms with van der Waals surface area (Å²) < 4.78 is 28.9. The van der Waals surface area contributed by atoms with Gasteiger partial charge in [-0.25, -0.2) is 8.42 Å². The molecule has 1 aromatic carbocycles. The van der Waals surface area contributed by atoms with Gasteiger partial charge in [-0.05, 0) is 17.7 Å². The zero-order chi connectivity index (χ0) is 16.6. The van der Waals surface area contributed by atoms with Crippen LogP contribution in [0.25, 0.3) is 0 Å². The molecule has 0 unspecified atom stereocenters. The lowest BCUT2D eigenvalue weighted by Crippen LogP contribution is -2.37. The minimum absolute atomic E-state index is 0.0450. The van der Waals surface area contributed by atoms with Crippen LogP contribution in [0.2, 0.25) is 0 Å². The number of amides is 1. The highest BCUT2D eigenvalue weighted by Crippen LogP contribution is 2.39. The molecule has 0 aromatic heterocycles. The van der Waals surface area contributed by atoms with E-state index in [2.05, 4.69) is 4.99 Å². The Bertz CT molecular complexity index is 743. The van der Waals surface area contributed by atoms with Crippen LogP contribution in [0.5, 0.6) is 5.75 Å². The second-order valence-corrected chi connectivity index (χ2v) is 9.05. The molecule has 0 spiro atoms. The maximum absolute atomic E-state index is 11.9. The summed E-state index contributed by atoms with van der Waals surface area (Å²) in [7, 11) is -1.41. The molecular formula is C15H18N2O4S2. The highest BCUT2D eigenvalue weighted by molar-refractivity contribution is 8.15. The summed E-state index contributed by atoms with van der Waals surface area (Å²) in [4.78, 5) is 17.4. The predicted molar refractivity (Wildman–Crippen MR) is 90.5 cm³/mol. The van der Waals surface area contributed by atoms with Gasteiger partial charge in [0.2, 0.25) is 5.91 Å². The number of aliphatic imine (C=N–C) groups is 1. The molecule has 2 aliphatic heterocycles. The molecule has 0 aliphatic carbocycles. The maximum Gasteiger partial charge on any atom is 0.244 e. The fourth-order valence-electron chi connectivity index (χ4n) is 2.88. The van der Waals surface area contributed by atoms with Crippen LogP contribution < -0.4 is 4.74 Å². The Labute approximate surface area is 139 Å². The molecule has 1 aromatic rings. The summed E-state index contributed by atoms with van der Waals surface area (Å²) in [5, 5.41) is 0.578. The largest absolute Gasteiger partial charge is 0.497 e. The molecule has 2 fully saturated rings. The second kappa shape index (κ2) is 6.16. The summed E-state index contributed by atoms with van der Waals surface area (Å²) in [6, 6.07) is 7.48. The Morgan fingerprint density at radius 1 is 1.35 bits per heavy atom. The van der Waals surface area contributed by atoms with Gasteiger partial charge in [0.15, 0.2) is 15.0 Å². The Hall–Kier alpha value is -1.54. The summed E-state index contributed by atoms with van der Waals surface area (Å²) in [5.41, 5.74) is 1.02. The molecule has 2 aliphatic rings. The Morgan fingerprint density at radius 2 is 2.04 bits per heavy atom. The first-order chi connectivity index (χ1) is 10.9. The van der Waals surface area contributed by atoms with Crippen molar-refractivity contribution in [1.29, 1.82) is 0 Å². The molecule has 3 rings (SSSR count). The van der Waals surface area contributed by atoms with E-state index in [9.17, 15) is 13.2 Å². The second-order valence-electron chi connectivity index (χ2n) is 5.69. The van der Waals surface area contributed by atoms with Crippen molar-refractivity contribution < 1.29 is 17.9 Å². The number of amidine groups is 1. The van der Waals surface area contributed by atoms with Crippen LogP contribution >= 0.6 is 11.8 Å². The third kappa shape index (κ3) is 3.53. The first-order valence-corrected chi connectivity index (χ1v) is 9.94. The fourth-order valence-corrected chi connectivity index (χ4v) is 6.88. The molecule has 23 heavy (non-hydrogen) atoms. The molecule has 0 bridgehead atoms. The summed E-state index contributed by atoms with van der Waals surface area (Å²) >= 11 is 1.40. The molecule has 124 valence electrons.